The first-order valence-corrected chi connectivity index (χ1v) is 25.1. The fraction of sp³-hybridized carbons (Fsp3) is 0. The van der Waals surface area contributed by atoms with Crippen molar-refractivity contribution < 1.29 is 65.1 Å². The van der Waals surface area contributed by atoms with Crippen molar-refractivity contribution in [1.29, 1.82) is 0 Å². The highest BCUT2D eigenvalue weighted by Crippen LogP contribution is 2.39. The van der Waals surface area contributed by atoms with E-state index in [4.69, 9.17) is 23.1 Å². The molecule has 6 aromatic rings. The SMILES string of the molecule is C=CS(=O)(=O)c1ccc(N=Nc2cc(S(=O)(=O)O)c(N)cc2Nc2nc(Cl)nc(Nc3ccc(N=Nc4cc5c(S(=O)(=O)O)cc(S(=O)(=O)O)cc5cc4S(=O)(=O)O)c(NC(N)=O)c3)n2)cc1. The highest BCUT2D eigenvalue weighted by Gasteiger charge is 2.25. The van der Waals surface area contributed by atoms with Gasteiger partial charge in [0, 0.05) is 16.5 Å². The van der Waals surface area contributed by atoms with E-state index in [1.54, 1.807) is 0 Å². The van der Waals surface area contributed by atoms with Crippen LogP contribution in [0.2, 0.25) is 5.28 Å². The van der Waals surface area contributed by atoms with Gasteiger partial charge in [-0.15, -0.1) is 15.3 Å². The second-order valence-electron chi connectivity index (χ2n) is 13.1. The fourth-order valence-corrected chi connectivity index (χ4v) is 9.09. The Labute approximate surface area is 382 Å². The number of sulfone groups is 1. The number of hydrogen-bond acceptors (Lipinski definition) is 21. The number of carbonyl (C=O) groups is 1. The zero-order chi connectivity index (χ0) is 49.4. The van der Waals surface area contributed by atoms with Crippen LogP contribution in [0.25, 0.3) is 10.8 Å². The average molecular weight is 1040 g/mol. The number of benzene rings is 5. The lowest BCUT2D eigenvalue weighted by Gasteiger charge is -2.13. The fourth-order valence-electron chi connectivity index (χ4n) is 5.62. The Morgan fingerprint density at radius 2 is 1.21 bits per heavy atom. The number of aromatic nitrogens is 3. The van der Waals surface area contributed by atoms with Gasteiger partial charge in [-0.3, -0.25) is 18.2 Å². The second-order valence-corrected chi connectivity index (χ2v) is 20.9. The molecule has 0 saturated carbocycles. The minimum atomic E-state index is -5.26. The summed E-state index contributed by atoms with van der Waals surface area (Å²) < 4.78 is 160. The van der Waals surface area contributed by atoms with E-state index in [1.807, 2.05) is 0 Å². The number of carbonyl (C=O) groups excluding carboxylic acids is 1. The molecule has 33 heteroatoms. The van der Waals surface area contributed by atoms with Gasteiger partial charge in [0.05, 0.1) is 32.5 Å². The third kappa shape index (κ3) is 11.8. The molecule has 0 unspecified atom stereocenters. The number of anilines is 6. The number of rotatable bonds is 15. The van der Waals surface area contributed by atoms with Crippen LogP contribution >= 0.6 is 11.6 Å². The van der Waals surface area contributed by atoms with Crippen molar-refractivity contribution in [3.63, 3.8) is 0 Å². The maximum Gasteiger partial charge on any atom is 0.316 e. The summed E-state index contributed by atoms with van der Waals surface area (Å²) in [5, 5.41) is 22.7. The smallest absolute Gasteiger partial charge is 0.316 e. The molecule has 27 nitrogen and oxygen atoms in total. The molecule has 0 bridgehead atoms. The largest absolute Gasteiger partial charge is 0.398 e. The lowest BCUT2D eigenvalue weighted by Crippen LogP contribution is -2.19. The third-order valence-corrected chi connectivity index (χ3v) is 13.6. The van der Waals surface area contributed by atoms with Crippen LogP contribution in [0.3, 0.4) is 0 Å². The maximum absolute atomic E-state index is 12.4. The zero-order valence-corrected chi connectivity index (χ0v) is 37.6. The Kier molecular flexibility index (Phi) is 13.4. The van der Waals surface area contributed by atoms with Gasteiger partial charge in [0.25, 0.3) is 40.5 Å². The van der Waals surface area contributed by atoms with Crippen LogP contribution in [0.5, 0.6) is 0 Å². The Morgan fingerprint density at radius 3 is 1.79 bits per heavy atom. The normalized spacial score (nSPS) is 12.7. The van der Waals surface area contributed by atoms with Crippen LogP contribution in [-0.2, 0) is 50.3 Å². The molecule has 1 aromatic heterocycles. The average Bonchev–Trinajstić information content (AvgIpc) is 3.20. The number of halogens is 1. The first kappa shape index (κ1) is 49.3. The van der Waals surface area contributed by atoms with Crippen molar-refractivity contribution in [1.82, 2.24) is 15.0 Å². The van der Waals surface area contributed by atoms with Gasteiger partial charge in [0.2, 0.25) is 17.2 Å². The van der Waals surface area contributed by atoms with Gasteiger partial charge in [-0.1, -0.05) is 6.58 Å². The molecule has 11 N–H and O–H groups in total. The Hall–Kier alpha value is -7.14. The summed E-state index contributed by atoms with van der Waals surface area (Å²) in [5.74, 6) is -0.614. The third-order valence-electron chi connectivity index (χ3n) is 8.52. The predicted molar refractivity (Wildman–Crippen MR) is 237 cm³/mol. The van der Waals surface area contributed by atoms with E-state index in [0.29, 0.717) is 24.3 Å². The number of primary amides is 1. The summed E-state index contributed by atoms with van der Waals surface area (Å²) in [4.78, 5) is 20.1. The molecule has 0 aliphatic rings. The van der Waals surface area contributed by atoms with E-state index in [2.05, 4.69) is 57.9 Å². The van der Waals surface area contributed by atoms with Gasteiger partial charge >= 0.3 is 6.03 Å². The van der Waals surface area contributed by atoms with E-state index in [0.717, 1.165) is 17.5 Å². The standard InChI is InChI=1S/C34H27ClN12O15S5/c1-2-63(49,50)19-6-3-17(4-7-19)44-46-26-15-29(66(57,58)59)22(36)14-25(26)40-34-42-31(35)41-33(43-34)38-18-5-8-23(24(11-18)39-32(37)48)45-47-27-13-21-16(10-30(27)67(60,61)62)9-20(64(51,52)53)12-28(21)65(54,55)56/h2-15H,1,36H2,(H3,37,39,48)(H,51,52,53)(H,54,55,56)(H,57,58,59)(H,60,61,62)(H2,38,40,41,42,43). The van der Waals surface area contributed by atoms with Crippen molar-refractivity contribution in [3.05, 3.63) is 96.1 Å². The quantitative estimate of drug-likeness (QED) is 0.0325. The summed E-state index contributed by atoms with van der Waals surface area (Å²) in [6.07, 6.45) is 0. The van der Waals surface area contributed by atoms with Crippen molar-refractivity contribution in [2.24, 2.45) is 26.2 Å². The van der Waals surface area contributed by atoms with E-state index in [-0.39, 0.29) is 50.9 Å². The Morgan fingerprint density at radius 1 is 0.612 bits per heavy atom. The van der Waals surface area contributed by atoms with Crippen molar-refractivity contribution in [2.75, 3.05) is 21.7 Å². The summed E-state index contributed by atoms with van der Waals surface area (Å²) in [6, 6.07) is 11.8. The first-order valence-electron chi connectivity index (χ1n) is 17.4. The minimum absolute atomic E-state index is 0.0656. The predicted octanol–water partition coefficient (Wildman–Crippen LogP) is 5.97. The molecular weight excluding hydrogens is 1010 g/mol. The summed E-state index contributed by atoms with van der Waals surface area (Å²) >= 11 is 6.19. The van der Waals surface area contributed by atoms with Gasteiger partial charge in [-0.05, 0) is 95.8 Å². The number of nitrogens with two attached hydrogens (primary N) is 2. The summed E-state index contributed by atoms with van der Waals surface area (Å²) in [7, 11) is -24.3. The molecular formula is C34H27ClN12O15S5. The van der Waals surface area contributed by atoms with Crippen LogP contribution < -0.4 is 27.4 Å². The van der Waals surface area contributed by atoms with Crippen LogP contribution in [-0.4, -0.2) is 81.3 Å². The number of nitrogens with zero attached hydrogens (tertiary/aromatic N) is 7. The van der Waals surface area contributed by atoms with E-state index >= 15 is 0 Å². The van der Waals surface area contributed by atoms with Crippen LogP contribution in [0.4, 0.5) is 62.2 Å². The molecule has 0 spiro atoms. The number of nitrogen functional groups attached to an aromatic ring is 1. The molecule has 6 rings (SSSR count). The van der Waals surface area contributed by atoms with Crippen LogP contribution in [0, 0.1) is 0 Å². The highest BCUT2D eigenvalue weighted by molar-refractivity contribution is 7.94. The molecule has 2 amide bonds. The molecule has 0 fully saturated rings. The van der Waals surface area contributed by atoms with Crippen molar-refractivity contribution in [3.8, 4) is 0 Å². The highest BCUT2D eigenvalue weighted by atomic mass is 35.5. The first-order chi connectivity index (χ1) is 31.0. The number of nitrogens with one attached hydrogen (secondary N) is 3. The number of urea groups is 1. The molecule has 0 radical (unpaired) electrons. The van der Waals surface area contributed by atoms with E-state index < -0.39 is 103 Å². The molecule has 0 aliphatic carbocycles. The van der Waals surface area contributed by atoms with Crippen LogP contribution in [0.15, 0.2) is 136 Å². The summed E-state index contributed by atoms with van der Waals surface area (Å²) in [6.45, 7) is 3.26. The van der Waals surface area contributed by atoms with Crippen molar-refractivity contribution in [2.45, 2.75) is 24.5 Å². The van der Waals surface area contributed by atoms with Gasteiger partial charge in [0.15, 0.2) is 9.84 Å². The molecule has 0 aliphatic heterocycles. The minimum Gasteiger partial charge on any atom is -0.398 e. The number of azo groups is 2. The number of hydrogen-bond donors (Lipinski definition) is 9. The topological polar surface area (TPSA) is 445 Å². The molecule has 1 heterocycles. The Balaban J connectivity index is 1.35. The maximum atomic E-state index is 12.4. The Bertz CT molecular complexity index is 3710. The number of amides is 2. The summed E-state index contributed by atoms with van der Waals surface area (Å²) in [5.41, 5.74) is 9.36. The van der Waals surface area contributed by atoms with Gasteiger partial charge in [-0.25, -0.2) is 13.2 Å². The van der Waals surface area contributed by atoms with Gasteiger partial charge < -0.3 is 27.4 Å². The lowest BCUT2D eigenvalue weighted by atomic mass is 10.1. The lowest BCUT2D eigenvalue weighted by molar-refractivity contribution is 0.259. The molecule has 67 heavy (non-hydrogen) atoms. The van der Waals surface area contributed by atoms with Crippen LogP contribution in [0.1, 0.15) is 0 Å². The molecule has 0 saturated heterocycles. The zero-order valence-electron chi connectivity index (χ0n) is 32.8. The van der Waals surface area contributed by atoms with Crippen molar-refractivity contribution >= 4 is 136 Å². The molecule has 5 aromatic carbocycles. The van der Waals surface area contributed by atoms with E-state index in [1.165, 1.54) is 42.5 Å². The van der Waals surface area contributed by atoms with E-state index in [9.17, 15) is 65.1 Å². The second kappa shape index (κ2) is 18.3. The molecule has 0 atom stereocenters. The number of fused-ring (bicyclic) bond motifs is 1. The van der Waals surface area contributed by atoms with Gasteiger partial charge in [-0.2, -0.15) is 53.7 Å². The van der Waals surface area contributed by atoms with Gasteiger partial charge in [0.1, 0.15) is 31.7 Å². The monoisotopic (exact) mass is 1040 g/mol. The molecule has 350 valence electrons.